The highest BCUT2D eigenvalue weighted by atomic mass is 19.1. The fourth-order valence-corrected chi connectivity index (χ4v) is 1.70. The number of hydrogen-bond acceptors (Lipinski definition) is 2. The fourth-order valence-electron chi connectivity index (χ4n) is 1.70. The van der Waals surface area contributed by atoms with Crippen LogP contribution in [0.2, 0.25) is 0 Å². The molecule has 2 nitrogen and oxygen atoms in total. The first-order valence-corrected chi connectivity index (χ1v) is 4.29. The Kier molecular flexibility index (Phi) is 3.27. The summed E-state index contributed by atoms with van der Waals surface area (Å²) in [6.07, 6.45) is 2.03. The molecule has 0 bridgehead atoms. The summed E-state index contributed by atoms with van der Waals surface area (Å²) in [6.45, 7) is 3.42. The maximum Gasteiger partial charge on any atom is 0.102 e. The van der Waals surface area contributed by atoms with Gasteiger partial charge in [-0.25, -0.2) is 4.39 Å². The first-order chi connectivity index (χ1) is 5.24. The fraction of sp³-hybridized carbons (Fsp3) is 1.00. The van der Waals surface area contributed by atoms with E-state index in [1.54, 1.807) is 0 Å². The molecule has 66 valence electrons. The van der Waals surface area contributed by atoms with Crippen molar-refractivity contribution in [2.45, 2.75) is 31.8 Å². The van der Waals surface area contributed by atoms with Gasteiger partial charge in [-0.05, 0) is 26.3 Å². The van der Waals surface area contributed by atoms with Crippen molar-refractivity contribution in [2.75, 3.05) is 19.8 Å². The van der Waals surface area contributed by atoms with E-state index in [1.807, 2.05) is 0 Å². The van der Waals surface area contributed by atoms with Crippen LogP contribution in [-0.2, 0) is 0 Å². The molecule has 2 atom stereocenters. The van der Waals surface area contributed by atoms with Crippen LogP contribution in [-0.4, -0.2) is 36.7 Å². The van der Waals surface area contributed by atoms with Gasteiger partial charge in [-0.15, -0.1) is 0 Å². The molecule has 0 aromatic rings. The van der Waals surface area contributed by atoms with Crippen molar-refractivity contribution in [3.63, 3.8) is 0 Å². The highest BCUT2D eigenvalue weighted by Crippen LogP contribution is 2.14. The second-order valence-corrected chi connectivity index (χ2v) is 3.36. The van der Waals surface area contributed by atoms with E-state index in [0.717, 1.165) is 19.4 Å². The first kappa shape index (κ1) is 8.94. The Bertz CT molecular complexity index is 119. The maximum atomic E-state index is 12.0. The molecule has 0 aromatic heterocycles. The van der Waals surface area contributed by atoms with Crippen LogP contribution in [0.1, 0.15) is 19.8 Å². The van der Waals surface area contributed by atoms with E-state index in [1.165, 1.54) is 0 Å². The third kappa shape index (κ3) is 2.42. The van der Waals surface area contributed by atoms with Crippen LogP contribution >= 0.6 is 0 Å². The lowest BCUT2D eigenvalue weighted by Gasteiger charge is -2.35. The van der Waals surface area contributed by atoms with E-state index >= 15 is 0 Å². The van der Waals surface area contributed by atoms with E-state index in [0.29, 0.717) is 18.6 Å². The Hall–Kier alpha value is -0.150. The van der Waals surface area contributed by atoms with Crippen LogP contribution in [0, 0.1) is 0 Å². The van der Waals surface area contributed by atoms with Gasteiger partial charge in [0.05, 0.1) is 0 Å². The Morgan fingerprint density at radius 1 is 1.64 bits per heavy atom. The minimum Gasteiger partial charge on any atom is -0.328 e. The zero-order valence-corrected chi connectivity index (χ0v) is 7.09. The number of rotatable bonds is 2. The number of likely N-dealkylation sites (tertiary alicyclic amines) is 1. The van der Waals surface area contributed by atoms with Gasteiger partial charge in [0.25, 0.3) is 0 Å². The molecule has 2 unspecified atom stereocenters. The van der Waals surface area contributed by atoms with Crippen LogP contribution in [0.3, 0.4) is 0 Å². The number of alkyl halides is 1. The molecule has 0 radical (unpaired) electrons. The number of hydrogen-bond donors (Lipinski definition) is 1. The predicted octanol–water partition coefficient (Wildman–Crippen LogP) is 0.767. The van der Waals surface area contributed by atoms with Crippen LogP contribution in [0.25, 0.3) is 0 Å². The molecule has 1 saturated heterocycles. The second kappa shape index (κ2) is 4.02. The highest BCUT2D eigenvalue weighted by Gasteiger charge is 2.22. The van der Waals surface area contributed by atoms with Crippen LogP contribution < -0.4 is 5.73 Å². The Morgan fingerprint density at radius 3 is 2.91 bits per heavy atom. The van der Waals surface area contributed by atoms with Crippen molar-refractivity contribution in [3.8, 4) is 0 Å². The minimum absolute atomic E-state index is 0.237. The van der Waals surface area contributed by atoms with Gasteiger partial charge in [-0.3, -0.25) is 4.90 Å². The molecule has 0 aromatic carbocycles. The summed E-state index contributed by atoms with van der Waals surface area (Å²) < 4.78 is 12.0. The van der Waals surface area contributed by atoms with Gasteiger partial charge in [0.1, 0.15) is 6.67 Å². The molecule has 0 amide bonds. The number of piperidine rings is 1. The molecule has 1 heterocycles. The topological polar surface area (TPSA) is 29.3 Å². The molecule has 1 aliphatic heterocycles. The van der Waals surface area contributed by atoms with Gasteiger partial charge < -0.3 is 5.73 Å². The quantitative estimate of drug-likeness (QED) is 0.646. The molecule has 0 saturated carbocycles. The van der Waals surface area contributed by atoms with Gasteiger partial charge in [0.15, 0.2) is 0 Å². The van der Waals surface area contributed by atoms with Gasteiger partial charge in [-0.1, -0.05) is 0 Å². The van der Waals surface area contributed by atoms with Crippen LogP contribution in [0.15, 0.2) is 0 Å². The molecule has 1 rings (SSSR count). The van der Waals surface area contributed by atoms with Crippen molar-refractivity contribution in [1.29, 1.82) is 0 Å². The van der Waals surface area contributed by atoms with Crippen molar-refractivity contribution < 1.29 is 4.39 Å². The third-order valence-corrected chi connectivity index (χ3v) is 2.43. The first-order valence-electron chi connectivity index (χ1n) is 4.29. The molecule has 1 fully saturated rings. The van der Waals surface area contributed by atoms with Gasteiger partial charge >= 0.3 is 0 Å². The zero-order chi connectivity index (χ0) is 8.27. The normalized spacial score (nSPS) is 34.1. The van der Waals surface area contributed by atoms with Gasteiger partial charge in [0, 0.05) is 18.6 Å². The predicted molar refractivity (Wildman–Crippen MR) is 44.2 cm³/mol. The van der Waals surface area contributed by atoms with Crippen LogP contribution in [0.5, 0.6) is 0 Å². The average Bonchev–Trinajstić information content (AvgIpc) is 1.95. The van der Waals surface area contributed by atoms with E-state index in [-0.39, 0.29) is 6.67 Å². The Balaban J connectivity index is 2.31. The molecular weight excluding hydrogens is 143 g/mol. The molecule has 0 spiro atoms. The van der Waals surface area contributed by atoms with E-state index in [2.05, 4.69) is 11.8 Å². The molecule has 11 heavy (non-hydrogen) atoms. The standard InChI is InChI=1S/C8H17FN2/c1-7-6-8(10)2-4-11(7)5-3-9/h7-8H,2-6,10H2,1H3. The molecular formula is C8H17FN2. The van der Waals surface area contributed by atoms with E-state index in [4.69, 9.17) is 5.73 Å². The SMILES string of the molecule is CC1CC(N)CCN1CCF. The smallest absolute Gasteiger partial charge is 0.102 e. The largest absolute Gasteiger partial charge is 0.328 e. The maximum absolute atomic E-state index is 12.0. The second-order valence-electron chi connectivity index (χ2n) is 3.36. The summed E-state index contributed by atoms with van der Waals surface area (Å²) in [7, 11) is 0. The summed E-state index contributed by atoms with van der Waals surface area (Å²) in [6, 6.07) is 0.801. The Labute approximate surface area is 67.6 Å². The summed E-state index contributed by atoms with van der Waals surface area (Å²) in [5, 5.41) is 0. The summed E-state index contributed by atoms with van der Waals surface area (Å²) in [5.74, 6) is 0. The summed E-state index contributed by atoms with van der Waals surface area (Å²) in [5.41, 5.74) is 5.76. The average molecular weight is 160 g/mol. The molecule has 3 heteroatoms. The summed E-state index contributed by atoms with van der Waals surface area (Å²) >= 11 is 0. The summed E-state index contributed by atoms with van der Waals surface area (Å²) in [4.78, 5) is 2.17. The minimum atomic E-state index is -0.237. The van der Waals surface area contributed by atoms with Crippen LogP contribution in [0.4, 0.5) is 4.39 Å². The Morgan fingerprint density at radius 2 is 2.36 bits per heavy atom. The third-order valence-electron chi connectivity index (χ3n) is 2.43. The lowest BCUT2D eigenvalue weighted by Crippen LogP contribution is -2.46. The number of nitrogens with zero attached hydrogens (tertiary/aromatic N) is 1. The van der Waals surface area contributed by atoms with Gasteiger partial charge in [-0.2, -0.15) is 0 Å². The monoisotopic (exact) mass is 160 g/mol. The molecule has 2 N–H and O–H groups in total. The van der Waals surface area contributed by atoms with Crippen molar-refractivity contribution in [2.24, 2.45) is 5.73 Å². The van der Waals surface area contributed by atoms with Crippen molar-refractivity contribution in [3.05, 3.63) is 0 Å². The number of halogens is 1. The lowest BCUT2D eigenvalue weighted by molar-refractivity contribution is 0.138. The van der Waals surface area contributed by atoms with Crippen molar-refractivity contribution in [1.82, 2.24) is 4.90 Å². The lowest BCUT2D eigenvalue weighted by atomic mass is 9.99. The van der Waals surface area contributed by atoms with E-state index < -0.39 is 0 Å². The van der Waals surface area contributed by atoms with Gasteiger partial charge in [0.2, 0.25) is 0 Å². The molecule has 1 aliphatic rings. The van der Waals surface area contributed by atoms with E-state index in [9.17, 15) is 4.39 Å². The zero-order valence-electron chi connectivity index (χ0n) is 7.09. The number of nitrogens with two attached hydrogens (primary N) is 1. The molecule has 0 aliphatic carbocycles. The van der Waals surface area contributed by atoms with Crippen molar-refractivity contribution >= 4 is 0 Å². The highest BCUT2D eigenvalue weighted by molar-refractivity contribution is 4.80.